The van der Waals surface area contributed by atoms with Gasteiger partial charge in [0.15, 0.2) is 0 Å². The molecule has 61 heavy (non-hydrogen) atoms. The van der Waals surface area contributed by atoms with Gasteiger partial charge >= 0.3 is 5.97 Å². The van der Waals surface area contributed by atoms with Crippen molar-refractivity contribution in [2.45, 2.75) is 167 Å². The van der Waals surface area contributed by atoms with E-state index in [1.54, 1.807) is 18.3 Å². The fraction of sp³-hybridized carbons (Fsp3) is 0.731. The summed E-state index contributed by atoms with van der Waals surface area (Å²) in [7, 11) is -1.06. The Hall–Kier alpha value is -2.93. The Labute approximate surface area is 368 Å². The molecule has 0 aromatic carbocycles. The van der Waals surface area contributed by atoms with Crippen LogP contribution in [0.2, 0.25) is 0 Å². The number of hydrogen-bond acceptors (Lipinski definition) is 8. The van der Waals surface area contributed by atoms with E-state index in [1.165, 1.54) is 68.1 Å². The lowest BCUT2D eigenvalue weighted by Gasteiger charge is -2.72. The summed E-state index contributed by atoms with van der Waals surface area (Å²) in [6, 6.07) is 5.44. The Bertz CT molecular complexity index is 2080. The molecule has 8 nitrogen and oxygen atoms in total. The summed E-state index contributed by atoms with van der Waals surface area (Å²) < 4.78 is 18.0. The fourth-order valence-corrected chi connectivity index (χ4v) is 16.9. The smallest absolute Gasteiger partial charge is 0.313 e. The Morgan fingerprint density at radius 3 is 2.38 bits per heavy atom. The molecule has 0 spiro atoms. The number of carboxylic acid groups (broad SMARTS) is 1. The van der Waals surface area contributed by atoms with Crippen molar-refractivity contribution >= 4 is 22.2 Å². The van der Waals surface area contributed by atoms with Crippen molar-refractivity contribution in [1.29, 1.82) is 5.26 Å². The van der Waals surface area contributed by atoms with Gasteiger partial charge in [-0.1, -0.05) is 77.0 Å². The number of ether oxygens (including phenoxy) is 1. The van der Waals surface area contributed by atoms with Crippen molar-refractivity contribution < 1.29 is 24.0 Å². The summed E-state index contributed by atoms with van der Waals surface area (Å²) in [6.45, 7) is 20.7. The van der Waals surface area contributed by atoms with Crippen LogP contribution >= 0.6 is 0 Å². The van der Waals surface area contributed by atoms with Gasteiger partial charge in [-0.05, 0) is 184 Å². The van der Waals surface area contributed by atoms with Crippen LogP contribution in [0.4, 0.5) is 0 Å². The molecule has 8 rings (SSSR count). The van der Waals surface area contributed by atoms with Gasteiger partial charge in [0.25, 0.3) is 0 Å². The molecule has 7 aliphatic carbocycles. The molecule has 1 aromatic heterocycles. The molecular weight excluding hydrogens is 779 g/mol. The molecule has 3 N–H and O–H groups in total. The Kier molecular flexibility index (Phi) is 11.7. The number of aliphatic hydroxyl groups is 1. The van der Waals surface area contributed by atoms with Gasteiger partial charge in [-0.2, -0.15) is 11.1 Å². The average molecular weight is 853 g/mol. The molecule has 334 valence electrons. The first-order valence-electron chi connectivity index (χ1n) is 23.7. The van der Waals surface area contributed by atoms with Gasteiger partial charge in [-0.25, -0.2) is 4.98 Å². The molecular formula is C52H74N3O5S-. The summed E-state index contributed by atoms with van der Waals surface area (Å²) in [6.07, 6.45) is 22.6. The number of carbonyl (C=O) groups is 1. The quantitative estimate of drug-likeness (QED) is 0.114. The number of rotatable bonds is 11. The molecule has 1 heterocycles. The lowest BCUT2D eigenvalue weighted by atomic mass is 9.33. The number of carboxylic acids is 1. The normalized spacial score (nSPS) is 42.7. The van der Waals surface area contributed by atoms with Gasteiger partial charge in [0.1, 0.15) is 23.7 Å². The Morgan fingerprint density at radius 2 is 1.72 bits per heavy atom. The molecule has 0 aliphatic heterocycles. The van der Waals surface area contributed by atoms with Crippen LogP contribution in [0.15, 0.2) is 53.8 Å². The highest BCUT2D eigenvalue weighted by molar-refractivity contribution is 7.83. The number of allylic oxidation sites excluding steroid dienone is 5. The molecule has 0 amide bonds. The highest BCUT2D eigenvalue weighted by Crippen LogP contribution is 2.76. The van der Waals surface area contributed by atoms with Gasteiger partial charge in [0, 0.05) is 11.7 Å². The number of fused-ring (bicyclic) bond motifs is 7. The van der Waals surface area contributed by atoms with E-state index in [2.05, 4.69) is 82.5 Å². The highest BCUT2D eigenvalue weighted by Gasteiger charge is 2.70. The minimum absolute atomic E-state index is 0.0158. The van der Waals surface area contributed by atoms with E-state index < -0.39 is 27.4 Å². The highest BCUT2D eigenvalue weighted by atomic mass is 32.2. The Morgan fingerprint density at radius 1 is 0.967 bits per heavy atom. The zero-order valence-electron chi connectivity index (χ0n) is 38.1. The standard InChI is InChI=1S/C52H74N3O5S/c1-34(2)38-17-26-52(55-31-29-51(58)24-15-37(16-25-51)61(8)59)28-27-48(6)40(43(38)52)11-12-42-47(5)20-18-39(46(3,4)41(47)19-21-49(42,48)7)35-13-22-50(23-14-35,45(56)57)33-60-44-36(32-53)10-9-30-54-44/h9-10,13,18,30,37-38,40-43,55,58H,1,8,11-12,14-17,19-29,31,33H2,2-7H3,(H,56,57)/q-1/t37?,38-,40+,41-,42+,43+,47-,48+,49+,50-,51?,52-/m0/s1. The second-order valence-corrected chi connectivity index (χ2v) is 24.1. The molecule has 5 saturated carbocycles. The van der Waals surface area contributed by atoms with E-state index in [0.717, 1.165) is 45.1 Å². The summed E-state index contributed by atoms with van der Waals surface area (Å²) in [5.74, 6) is 5.98. The minimum Gasteiger partial charge on any atom is -0.481 e. The number of aliphatic carboxylic acids is 1. The van der Waals surface area contributed by atoms with Crippen LogP contribution in [-0.4, -0.2) is 56.6 Å². The molecule has 0 saturated heterocycles. The Balaban J connectivity index is 1.00. The van der Waals surface area contributed by atoms with E-state index in [9.17, 15) is 24.5 Å². The van der Waals surface area contributed by atoms with E-state index in [-0.39, 0.29) is 44.9 Å². The van der Waals surface area contributed by atoms with Crippen molar-refractivity contribution in [1.82, 2.24) is 10.3 Å². The van der Waals surface area contributed by atoms with Crippen LogP contribution in [0.1, 0.15) is 156 Å². The van der Waals surface area contributed by atoms with Gasteiger partial charge in [-0.3, -0.25) is 15.2 Å². The van der Waals surface area contributed by atoms with Crippen LogP contribution < -0.4 is 10.1 Å². The van der Waals surface area contributed by atoms with Crippen molar-refractivity contribution in [3.63, 3.8) is 0 Å². The monoisotopic (exact) mass is 853 g/mol. The van der Waals surface area contributed by atoms with Crippen LogP contribution in [0.25, 0.3) is 0 Å². The van der Waals surface area contributed by atoms with E-state index in [1.807, 2.05) is 0 Å². The third-order valence-corrected chi connectivity index (χ3v) is 21.0. The zero-order valence-corrected chi connectivity index (χ0v) is 38.9. The predicted octanol–water partition coefficient (Wildman–Crippen LogP) is 10.5. The SMILES string of the molecule is C=C(C)[C@@H]1CC[C@]2(NCCC3(O)CCC([S-](=C)=O)CC3)CC[C@]3(C)[C@H](CC[C@@H]4[C@@]5(C)CC=C(C6=CC[C@](COc7ncccc7C#N)(C(=O)O)CC6)C(C)(C)[C@@H]5CC[C@]43C)[C@@H]12. The maximum Gasteiger partial charge on any atom is 0.313 e. The number of hydrogen-bond donors (Lipinski definition) is 3. The van der Waals surface area contributed by atoms with Crippen molar-refractivity contribution in [3.8, 4) is 11.9 Å². The van der Waals surface area contributed by atoms with Gasteiger partial charge in [-0.15, -0.1) is 0 Å². The van der Waals surface area contributed by atoms with Crippen molar-refractivity contribution in [2.75, 3.05) is 13.2 Å². The van der Waals surface area contributed by atoms with Crippen LogP contribution in [0.5, 0.6) is 5.88 Å². The first-order chi connectivity index (χ1) is 28.8. The summed E-state index contributed by atoms with van der Waals surface area (Å²) >= 11 is 0. The lowest BCUT2D eigenvalue weighted by molar-refractivity contribution is -0.221. The summed E-state index contributed by atoms with van der Waals surface area (Å²) in [5.41, 5.74) is 3.32. The molecule has 9 heteroatoms. The minimum atomic E-state index is -1.06. The molecule has 1 aromatic rings. The maximum atomic E-state index is 12.8. The second-order valence-electron chi connectivity index (χ2n) is 22.6. The number of pyridine rings is 1. The number of aromatic nitrogens is 1. The van der Waals surface area contributed by atoms with Crippen molar-refractivity contribution in [2.24, 2.45) is 56.7 Å². The van der Waals surface area contributed by atoms with E-state index in [0.29, 0.717) is 54.4 Å². The van der Waals surface area contributed by atoms with Crippen molar-refractivity contribution in [3.05, 3.63) is 59.3 Å². The van der Waals surface area contributed by atoms with Gasteiger partial charge in [0.2, 0.25) is 5.88 Å². The molecule has 0 bridgehead atoms. The zero-order chi connectivity index (χ0) is 43.8. The maximum absolute atomic E-state index is 12.8. The van der Waals surface area contributed by atoms with Gasteiger partial charge in [0.05, 0.1) is 5.60 Å². The van der Waals surface area contributed by atoms with Crippen LogP contribution in [-0.2, 0) is 19.4 Å². The lowest BCUT2D eigenvalue weighted by Crippen LogP contribution is -2.68. The molecule has 0 unspecified atom stereocenters. The fourth-order valence-electron chi connectivity index (χ4n) is 16.1. The largest absolute Gasteiger partial charge is 0.481 e. The third kappa shape index (κ3) is 7.20. The second kappa shape index (κ2) is 15.9. The van der Waals surface area contributed by atoms with E-state index in [4.69, 9.17) is 4.74 Å². The van der Waals surface area contributed by atoms with Gasteiger partial charge < -0.3 is 24.5 Å². The van der Waals surface area contributed by atoms with E-state index >= 15 is 0 Å². The number of nitriles is 1. The molecule has 5 fully saturated rings. The molecule has 10 atom stereocenters. The first kappa shape index (κ1) is 44.7. The van der Waals surface area contributed by atoms with Crippen LogP contribution in [0, 0.1) is 68.0 Å². The topological polar surface area (TPSA) is 133 Å². The number of nitrogens with zero attached hydrogens (tertiary/aromatic N) is 2. The summed E-state index contributed by atoms with van der Waals surface area (Å²) in [4.78, 5) is 17.0. The first-order valence-corrected chi connectivity index (χ1v) is 25.1. The number of nitrogens with one attached hydrogen (secondary N) is 1. The average Bonchev–Trinajstić information content (AvgIpc) is 3.60. The molecule has 7 aliphatic rings. The third-order valence-electron chi connectivity index (χ3n) is 19.7. The predicted molar refractivity (Wildman–Crippen MR) is 244 cm³/mol. The van der Waals surface area contributed by atoms with Crippen LogP contribution in [0.3, 0.4) is 0 Å². The molecule has 0 radical (unpaired) electrons. The summed E-state index contributed by atoms with van der Waals surface area (Å²) in [5, 5.41) is 36.0.